The van der Waals surface area contributed by atoms with Crippen molar-refractivity contribution in [2.24, 2.45) is 0 Å². The van der Waals surface area contributed by atoms with Crippen LogP contribution in [0, 0.1) is 6.92 Å². The van der Waals surface area contributed by atoms with Gasteiger partial charge >= 0.3 is 0 Å². The molecule has 0 unspecified atom stereocenters. The molecule has 1 aromatic heterocycles. The van der Waals surface area contributed by atoms with Gasteiger partial charge < -0.3 is 10.1 Å². The number of rotatable bonds is 5. The lowest BCUT2D eigenvalue weighted by atomic mass is 10.2. The molecule has 25 heavy (non-hydrogen) atoms. The summed E-state index contributed by atoms with van der Waals surface area (Å²) in [5.74, 6) is -0.0293. The Hall–Kier alpha value is -1.76. The number of hydrogen-bond acceptors (Lipinski definition) is 5. The number of morpholine rings is 1. The second-order valence-electron chi connectivity index (χ2n) is 6.77. The lowest BCUT2D eigenvalue weighted by Gasteiger charge is -2.34. The van der Waals surface area contributed by atoms with Crippen molar-refractivity contribution < 1.29 is 9.53 Å². The van der Waals surface area contributed by atoms with Gasteiger partial charge in [0.25, 0.3) is 0 Å². The molecule has 6 heteroatoms. The van der Waals surface area contributed by atoms with E-state index in [0.717, 1.165) is 36.0 Å². The number of hydrogen-bond donors (Lipinski definition) is 1. The highest BCUT2D eigenvalue weighted by Gasteiger charge is 2.22. The first-order valence-corrected chi connectivity index (χ1v) is 9.53. The second kappa shape index (κ2) is 8.08. The number of thiazole rings is 1. The molecule has 1 aliphatic rings. The minimum atomic E-state index is -0.0293. The molecule has 2 heterocycles. The molecule has 1 amide bonds. The number of amides is 1. The third kappa shape index (κ3) is 5.36. The largest absolute Gasteiger partial charge is 0.373 e. The smallest absolute Gasteiger partial charge is 0.231 e. The van der Waals surface area contributed by atoms with Crippen LogP contribution in [0.2, 0.25) is 0 Å². The highest BCUT2D eigenvalue weighted by Crippen LogP contribution is 2.17. The second-order valence-corrected chi connectivity index (χ2v) is 7.72. The van der Waals surface area contributed by atoms with E-state index in [1.807, 2.05) is 31.2 Å². The van der Waals surface area contributed by atoms with E-state index in [4.69, 9.17) is 4.74 Å². The van der Waals surface area contributed by atoms with E-state index in [0.29, 0.717) is 6.42 Å². The van der Waals surface area contributed by atoms with E-state index in [1.54, 1.807) is 11.3 Å². The SMILES string of the molecule is Cc1ccc(NC(=O)Cc2nc(CN3C[C@@H](C)O[C@H](C)C3)cs2)cc1. The number of aryl methyl sites for hydroxylation is 1. The Morgan fingerprint density at radius 3 is 2.64 bits per heavy atom. The summed E-state index contributed by atoms with van der Waals surface area (Å²) < 4.78 is 5.76. The molecule has 2 aromatic rings. The first-order chi connectivity index (χ1) is 12.0. The Morgan fingerprint density at radius 2 is 1.96 bits per heavy atom. The number of nitrogens with zero attached hydrogens (tertiary/aromatic N) is 2. The fourth-order valence-corrected chi connectivity index (χ4v) is 3.91. The molecule has 0 spiro atoms. The normalized spacial score (nSPS) is 21.2. The van der Waals surface area contributed by atoms with Crippen LogP contribution in [0.15, 0.2) is 29.6 Å². The van der Waals surface area contributed by atoms with E-state index >= 15 is 0 Å². The summed E-state index contributed by atoms with van der Waals surface area (Å²) in [7, 11) is 0. The van der Waals surface area contributed by atoms with Crippen LogP contribution in [0.1, 0.15) is 30.1 Å². The van der Waals surface area contributed by atoms with Crippen molar-refractivity contribution in [2.75, 3.05) is 18.4 Å². The number of ether oxygens (including phenoxy) is 1. The van der Waals surface area contributed by atoms with Crippen LogP contribution in [0.5, 0.6) is 0 Å². The van der Waals surface area contributed by atoms with Crippen LogP contribution in [0.25, 0.3) is 0 Å². The predicted octanol–water partition coefficient (Wildman–Crippen LogP) is 3.24. The highest BCUT2D eigenvalue weighted by atomic mass is 32.1. The summed E-state index contributed by atoms with van der Waals surface area (Å²) in [5, 5.41) is 5.83. The van der Waals surface area contributed by atoms with Gasteiger partial charge in [-0.1, -0.05) is 17.7 Å². The zero-order valence-corrected chi connectivity index (χ0v) is 15.8. The highest BCUT2D eigenvalue weighted by molar-refractivity contribution is 7.09. The zero-order valence-electron chi connectivity index (χ0n) is 15.0. The molecule has 1 aromatic carbocycles. The maximum absolute atomic E-state index is 12.2. The van der Waals surface area contributed by atoms with Gasteiger partial charge in [0, 0.05) is 30.7 Å². The van der Waals surface area contributed by atoms with Gasteiger partial charge in [0.1, 0.15) is 5.01 Å². The van der Waals surface area contributed by atoms with E-state index in [1.165, 1.54) is 5.56 Å². The fraction of sp³-hybridized carbons (Fsp3) is 0.474. The van der Waals surface area contributed by atoms with Crippen LogP contribution in [-0.4, -0.2) is 41.1 Å². The van der Waals surface area contributed by atoms with Crippen LogP contribution in [0.4, 0.5) is 5.69 Å². The molecule has 0 saturated carbocycles. The summed E-state index contributed by atoms with van der Waals surface area (Å²) in [6, 6.07) is 7.81. The lowest BCUT2D eigenvalue weighted by Crippen LogP contribution is -2.44. The molecule has 0 radical (unpaired) electrons. The van der Waals surface area contributed by atoms with E-state index in [2.05, 4.69) is 34.4 Å². The number of aromatic nitrogens is 1. The van der Waals surface area contributed by atoms with Crippen molar-refractivity contribution in [3.05, 3.63) is 45.9 Å². The average Bonchev–Trinajstić information content (AvgIpc) is 2.95. The van der Waals surface area contributed by atoms with Crippen LogP contribution >= 0.6 is 11.3 Å². The summed E-state index contributed by atoms with van der Waals surface area (Å²) in [4.78, 5) is 19.2. The topological polar surface area (TPSA) is 54.5 Å². The maximum atomic E-state index is 12.2. The van der Waals surface area contributed by atoms with Crippen LogP contribution in [0.3, 0.4) is 0 Å². The molecule has 5 nitrogen and oxygen atoms in total. The maximum Gasteiger partial charge on any atom is 0.231 e. The molecule has 0 aliphatic carbocycles. The Kier molecular flexibility index (Phi) is 5.83. The Morgan fingerprint density at radius 1 is 1.28 bits per heavy atom. The number of carbonyl (C=O) groups excluding carboxylic acids is 1. The van der Waals surface area contributed by atoms with Gasteiger partial charge in [-0.2, -0.15) is 0 Å². The van der Waals surface area contributed by atoms with Crippen molar-refractivity contribution in [1.82, 2.24) is 9.88 Å². The number of nitrogens with one attached hydrogen (secondary N) is 1. The Balaban J connectivity index is 1.52. The van der Waals surface area contributed by atoms with E-state index in [-0.39, 0.29) is 18.1 Å². The molecule has 3 rings (SSSR count). The predicted molar refractivity (Wildman–Crippen MR) is 101 cm³/mol. The summed E-state index contributed by atoms with van der Waals surface area (Å²) in [6.45, 7) is 8.89. The number of carbonyl (C=O) groups is 1. The van der Waals surface area contributed by atoms with E-state index in [9.17, 15) is 4.79 Å². The monoisotopic (exact) mass is 359 g/mol. The summed E-state index contributed by atoms with van der Waals surface area (Å²) in [6.07, 6.45) is 0.818. The van der Waals surface area contributed by atoms with Crippen molar-refractivity contribution in [1.29, 1.82) is 0 Å². The summed E-state index contributed by atoms with van der Waals surface area (Å²) in [5.41, 5.74) is 3.03. The molecular weight excluding hydrogens is 334 g/mol. The van der Waals surface area contributed by atoms with Crippen molar-refractivity contribution in [2.45, 2.75) is 45.9 Å². The first-order valence-electron chi connectivity index (χ1n) is 8.65. The summed E-state index contributed by atoms with van der Waals surface area (Å²) >= 11 is 1.55. The molecule has 1 saturated heterocycles. The molecular formula is C19H25N3O2S. The lowest BCUT2D eigenvalue weighted by molar-refractivity contribution is -0.115. The molecule has 134 valence electrons. The molecule has 0 bridgehead atoms. The zero-order chi connectivity index (χ0) is 17.8. The molecule has 1 aliphatic heterocycles. The third-order valence-electron chi connectivity index (χ3n) is 4.13. The first kappa shape index (κ1) is 18.0. The minimum Gasteiger partial charge on any atom is -0.373 e. The van der Waals surface area contributed by atoms with Crippen molar-refractivity contribution in [3.8, 4) is 0 Å². The van der Waals surface area contributed by atoms with Gasteiger partial charge in [0.2, 0.25) is 5.91 Å². The van der Waals surface area contributed by atoms with Gasteiger partial charge in [-0.15, -0.1) is 11.3 Å². The fourth-order valence-electron chi connectivity index (χ4n) is 3.12. The number of anilines is 1. The number of benzene rings is 1. The Bertz CT molecular complexity index is 704. The van der Waals surface area contributed by atoms with Gasteiger partial charge in [-0.3, -0.25) is 9.69 Å². The Labute approximate surface area is 153 Å². The standard InChI is InChI=1S/C19H25N3O2S/c1-13-4-6-16(7-5-13)20-18(23)8-19-21-17(12-25-19)11-22-9-14(2)24-15(3)10-22/h4-7,12,14-15H,8-11H2,1-3H3,(H,20,23)/t14-,15-/m1/s1. The van der Waals surface area contributed by atoms with Crippen molar-refractivity contribution in [3.63, 3.8) is 0 Å². The average molecular weight is 359 g/mol. The van der Waals surface area contributed by atoms with Crippen molar-refractivity contribution >= 4 is 22.9 Å². The van der Waals surface area contributed by atoms with Crippen LogP contribution < -0.4 is 5.32 Å². The minimum absolute atomic E-state index is 0.0293. The van der Waals surface area contributed by atoms with Gasteiger partial charge in [-0.05, 0) is 32.9 Å². The molecule has 1 N–H and O–H groups in total. The molecule has 2 atom stereocenters. The van der Waals surface area contributed by atoms with Crippen LogP contribution in [-0.2, 0) is 22.5 Å². The third-order valence-corrected chi connectivity index (χ3v) is 5.02. The van der Waals surface area contributed by atoms with Gasteiger partial charge in [0.05, 0.1) is 24.3 Å². The van der Waals surface area contributed by atoms with Gasteiger partial charge in [-0.25, -0.2) is 4.98 Å². The van der Waals surface area contributed by atoms with Gasteiger partial charge in [0.15, 0.2) is 0 Å². The van der Waals surface area contributed by atoms with E-state index < -0.39 is 0 Å². The quantitative estimate of drug-likeness (QED) is 0.890. The molecule has 1 fully saturated rings.